The van der Waals surface area contributed by atoms with Crippen LogP contribution in [0.2, 0.25) is 0 Å². The Labute approximate surface area is 112 Å². The summed E-state index contributed by atoms with van der Waals surface area (Å²) in [4.78, 5) is 2.41. The maximum absolute atomic E-state index is 6.00. The first-order chi connectivity index (χ1) is 8.49. The lowest BCUT2D eigenvalue weighted by Gasteiger charge is -2.33. The van der Waals surface area contributed by atoms with Gasteiger partial charge in [0.05, 0.1) is 0 Å². The number of hydrogen-bond donors (Lipinski definition) is 1. The lowest BCUT2D eigenvalue weighted by Crippen LogP contribution is -2.37. The molecule has 2 N–H and O–H groups in total. The number of nitrogens with two attached hydrogens (primary N) is 1. The van der Waals surface area contributed by atoms with Gasteiger partial charge in [-0.05, 0) is 39.8 Å². The van der Waals surface area contributed by atoms with E-state index in [9.17, 15) is 0 Å². The van der Waals surface area contributed by atoms with Crippen LogP contribution in [0.25, 0.3) is 0 Å². The molecule has 0 saturated carbocycles. The zero-order valence-electron chi connectivity index (χ0n) is 12.5. The third kappa shape index (κ3) is 3.82. The predicted molar refractivity (Wildman–Crippen MR) is 79.8 cm³/mol. The Hall–Kier alpha value is -0.860. The monoisotopic (exact) mass is 248 g/mol. The first kappa shape index (κ1) is 15.2. The minimum Gasteiger partial charge on any atom is -0.329 e. The Balaban J connectivity index is 2.94. The lowest BCUT2D eigenvalue weighted by molar-refractivity contribution is 0.179. The van der Waals surface area contributed by atoms with Gasteiger partial charge >= 0.3 is 0 Å². The molecule has 2 unspecified atom stereocenters. The van der Waals surface area contributed by atoms with Gasteiger partial charge in [0.1, 0.15) is 0 Å². The van der Waals surface area contributed by atoms with Crippen LogP contribution in [0, 0.1) is 13.8 Å². The number of rotatable bonds is 6. The third-order valence-corrected chi connectivity index (χ3v) is 3.75. The molecule has 0 amide bonds. The van der Waals surface area contributed by atoms with Crippen molar-refractivity contribution in [3.05, 3.63) is 34.9 Å². The Kier molecular flexibility index (Phi) is 5.83. The van der Waals surface area contributed by atoms with E-state index in [4.69, 9.17) is 5.73 Å². The molecule has 2 nitrogen and oxygen atoms in total. The summed E-state index contributed by atoms with van der Waals surface area (Å²) >= 11 is 0. The number of benzene rings is 1. The summed E-state index contributed by atoms with van der Waals surface area (Å²) in [6, 6.07) is 7.64. The molecule has 2 heteroatoms. The van der Waals surface area contributed by atoms with Gasteiger partial charge in [-0.25, -0.2) is 0 Å². The summed E-state index contributed by atoms with van der Waals surface area (Å²) in [6.45, 7) is 9.50. The van der Waals surface area contributed by atoms with Crippen molar-refractivity contribution in [1.29, 1.82) is 0 Å². The minimum atomic E-state index is 0.324. The average Bonchev–Trinajstić information content (AvgIpc) is 2.28. The molecule has 0 radical (unpaired) electrons. The van der Waals surface area contributed by atoms with Crippen LogP contribution in [-0.4, -0.2) is 24.5 Å². The van der Waals surface area contributed by atoms with Crippen molar-refractivity contribution < 1.29 is 0 Å². The Morgan fingerprint density at radius 1 is 1.17 bits per heavy atom. The molecule has 0 heterocycles. The van der Waals surface area contributed by atoms with E-state index in [1.54, 1.807) is 0 Å². The van der Waals surface area contributed by atoms with E-state index in [2.05, 4.69) is 57.8 Å². The molecule has 0 aliphatic rings. The molecular formula is C16H28N2. The minimum absolute atomic E-state index is 0.324. The van der Waals surface area contributed by atoms with Crippen LogP contribution < -0.4 is 5.73 Å². The van der Waals surface area contributed by atoms with Crippen molar-refractivity contribution >= 4 is 0 Å². The third-order valence-electron chi connectivity index (χ3n) is 3.75. The number of aryl methyl sites for hydroxylation is 2. The first-order valence-electron chi connectivity index (χ1n) is 6.99. The van der Waals surface area contributed by atoms with Crippen molar-refractivity contribution in [2.24, 2.45) is 5.73 Å². The maximum atomic E-state index is 6.00. The second-order valence-electron chi connectivity index (χ2n) is 5.48. The smallest absolute Gasteiger partial charge is 0.0470 e. The molecule has 0 bridgehead atoms. The van der Waals surface area contributed by atoms with Gasteiger partial charge in [0.25, 0.3) is 0 Å². The summed E-state index contributed by atoms with van der Waals surface area (Å²) < 4.78 is 0. The van der Waals surface area contributed by atoms with Crippen LogP contribution in [0.1, 0.15) is 49.4 Å². The van der Waals surface area contributed by atoms with Crippen LogP contribution in [0.3, 0.4) is 0 Å². The molecule has 18 heavy (non-hydrogen) atoms. The second kappa shape index (κ2) is 6.91. The van der Waals surface area contributed by atoms with Crippen LogP contribution >= 0.6 is 0 Å². The van der Waals surface area contributed by atoms with E-state index in [-0.39, 0.29) is 0 Å². The average molecular weight is 248 g/mol. The summed E-state index contributed by atoms with van der Waals surface area (Å²) in [5, 5.41) is 0. The highest BCUT2D eigenvalue weighted by molar-refractivity contribution is 5.31. The molecular weight excluding hydrogens is 220 g/mol. The van der Waals surface area contributed by atoms with E-state index >= 15 is 0 Å². The van der Waals surface area contributed by atoms with Gasteiger partial charge in [0, 0.05) is 18.6 Å². The molecule has 0 aromatic heterocycles. The zero-order valence-corrected chi connectivity index (χ0v) is 12.5. The topological polar surface area (TPSA) is 29.3 Å². The van der Waals surface area contributed by atoms with Gasteiger partial charge in [-0.2, -0.15) is 0 Å². The van der Waals surface area contributed by atoms with Crippen molar-refractivity contribution in [2.45, 2.75) is 52.6 Å². The molecule has 0 saturated heterocycles. The van der Waals surface area contributed by atoms with Crippen LogP contribution in [-0.2, 0) is 0 Å². The molecule has 0 aliphatic heterocycles. The summed E-state index contributed by atoms with van der Waals surface area (Å²) in [5.41, 5.74) is 9.98. The van der Waals surface area contributed by atoms with Gasteiger partial charge in [-0.1, -0.05) is 42.7 Å². The zero-order chi connectivity index (χ0) is 13.7. The number of nitrogens with zero attached hydrogens (tertiary/aromatic N) is 1. The van der Waals surface area contributed by atoms with Gasteiger partial charge < -0.3 is 5.73 Å². The van der Waals surface area contributed by atoms with Gasteiger partial charge in [-0.15, -0.1) is 0 Å². The number of hydrogen-bond acceptors (Lipinski definition) is 2. The highest BCUT2D eigenvalue weighted by Crippen LogP contribution is 2.24. The highest BCUT2D eigenvalue weighted by atomic mass is 15.2. The Bertz CT molecular complexity index is 353. The van der Waals surface area contributed by atoms with Gasteiger partial charge in [-0.3, -0.25) is 4.90 Å². The van der Waals surface area contributed by atoms with Gasteiger partial charge in [0.2, 0.25) is 0 Å². The van der Waals surface area contributed by atoms with Crippen LogP contribution in [0.15, 0.2) is 18.2 Å². The quantitative estimate of drug-likeness (QED) is 0.836. The summed E-state index contributed by atoms with van der Waals surface area (Å²) in [6.07, 6.45) is 2.44. The lowest BCUT2D eigenvalue weighted by atomic mass is 9.99. The van der Waals surface area contributed by atoms with Gasteiger partial charge in [0.15, 0.2) is 0 Å². The van der Waals surface area contributed by atoms with E-state index in [1.807, 2.05) is 0 Å². The number of likely N-dealkylation sites (N-methyl/N-ethyl adjacent to an activating group) is 1. The van der Waals surface area contributed by atoms with Crippen molar-refractivity contribution in [3.63, 3.8) is 0 Å². The molecule has 1 aromatic rings. The standard InChI is InChI=1S/C16H28N2/c1-6-7-14(4)18(5)16(11-17)15-9-12(2)8-13(3)10-15/h8-10,14,16H,6-7,11,17H2,1-5H3. The molecule has 0 aliphatic carbocycles. The van der Waals surface area contributed by atoms with Crippen molar-refractivity contribution in [2.75, 3.05) is 13.6 Å². The van der Waals surface area contributed by atoms with Crippen molar-refractivity contribution in [1.82, 2.24) is 4.90 Å². The van der Waals surface area contributed by atoms with Crippen molar-refractivity contribution in [3.8, 4) is 0 Å². The van der Waals surface area contributed by atoms with E-state index in [0.717, 1.165) is 0 Å². The summed E-state index contributed by atoms with van der Waals surface area (Å²) in [5.74, 6) is 0. The van der Waals surface area contributed by atoms with E-state index in [0.29, 0.717) is 18.6 Å². The largest absolute Gasteiger partial charge is 0.329 e. The normalized spacial score (nSPS) is 14.8. The maximum Gasteiger partial charge on any atom is 0.0470 e. The summed E-state index contributed by atoms with van der Waals surface area (Å²) in [7, 11) is 2.19. The molecule has 0 fully saturated rings. The van der Waals surface area contributed by atoms with Crippen LogP contribution in [0.4, 0.5) is 0 Å². The fourth-order valence-corrected chi connectivity index (χ4v) is 2.67. The van der Waals surface area contributed by atoms with Crippen LogP contribution in [0.5, 0.6) is 0 Å². The Morgan fingerprint density at radius 2 is 1.72 bits per heavy atom. The predicted octanol–water partition coefficient (Wildman–Crippen LogP) is 3.42. The molecule has 2 atom stereocenters. The SMILES string of the molecule is CCCC(C)N(C)C(CN)c1cc(C)cc(C)c1. The molecule has 102 valence electrons. The Morgan fingerprint density at radius 3 is 2.17 bits per heavy atom. The first-order valence-corrected chi connectivity index (χ1v) is 6.99. The fraction of sp³-hybridized carbons (Fsp3) is 0.625. The molecule has 1 rings (SSSR count). The van der Waals surface area contributed by atoms with E-state index in [1.165, 1.54) is 29.5 Å². The van der Waals surface area contributed by atoms with E-state index < -0.39 is 0 Å². The second-order valence-corrected chi connectivity index (χ2v) is 5.48. The molecule has 1 aromatic carbocycles. The fourth-order valence-electron chi connectivity index (χ4n) is 2.67. The highest BCUT2D eigenvalue weighted by Gasteiger charge is 2.20. The molecule has 0 spiro atoms.